The second kappa shape index (κ2) is 4.73. The Bertz CT molecular complexity index is 211. The fourth-order valence-electron chi connectivity index (χ4n) is 1.95. The van der Waals surface area contributed by atoms with Gasteiger partial charge in [0.25, 0.3) is 0 Å². The SMILES string of the molecule is OC[C@@H](O)[C@@H](O)[C@@H](O)[C@]1(O)CCCC1O. The first-order valence-corrected chi connectivity index (χ1v) is 4.99. The number of hydrogen-bond donors (Lipinski definition) is 6. The molecule has 6 nitrogen and oxygen atoms in total. The highest BCUT2D eigenvalue weighted by Crippen LogP contribution is 2.34. The van der Waals surface area contributed by atoms with Gasteiger partial charge >= 0.3 is 0 Å². The van der Waals surface area contributed by atoms with Crippen molar-refractivity contribution < 1.29 is 30.6 Å². The van der Waals surface area contributed by atoms with E-state index in [1.165, 1.54) is 0 Å². The lowest BCUT2D eigenvalue weighted by atomic mass is 9.87. The van der Waals surface area contributed by atoms with Crippen LogP contribution in [-0.2, 0) is 0 Å². The minimum absolute atomic E-state index is 0.157. The smallest absolute Gasteiger partial charge is 0.119 e. The Labute approximate surface area is 87.4 Å². The van der Waals surface area contributed by atoms with Gasteiger partial charge in [-0.2, -0.15) is 0 Å². The van der Waals surface area contributed by atoms with Gasteiger partial charge in [-0.05, 0) is 19.3 Å². The molecule has 1 saturated carbocycles. The van der Waals surface area contributed by atoms with Gasteiger partial charge in [0.1, 0.15) is 23.9 Å². The van der Waals surface area contributed by atoms with E-state index >= 15 is 0 Å². The first-order valence-electron chi connectivity index (χ1n) is 4.99. The van der Waals surface area contributed by atoms with Crippen molar-refractivity contribution in [2.24, 2.45) is 0 Å². The number of aliphatic hydroxyl groups is 6. The summed E-state index contributed by atoms with van der Waals surface area (Å²) in [5, 5.41) is 56.0. The highest BCUT2D eigenvalue weighted by molar-refractivity contribution is 5.01. The van der Waals surface area contributed by atoms with Crippen molar-refractivity contribution in [2.75, 3.05) is 6.61 Å². The molecule has 0 aromatic heterocycles. The Hall–Kier alpha value is -0.240. The Kier molecular flexibility index (Phi) is 4.05. The first-order chi connectivity index (χ1) is 6.93. The molecule has 0 heterocycles. The fraction of sp³-hybridized carbons (Fsp3) is 1.00. The van der Waals surface area contributed by atoms with Crippen molar-refractivity contribution in [1.82, 2.24) is 0 Å². The van der Waals surface area contributed by atoms with Gasteiger partial charge in [0.15, 0.2) is 0 Å². The van der Waals surface area contributed by atoms with Crippen molar-refractivity contribution in [1.29, 1.82) is 0 Å². The lowest BCUT2D eigenvalue weighted by molar-refractivity contribution is -0.185. The molecule has 15 heavy (non-hydrogen) atoms. The largest absolute Gasteiger partial charge is 0.394 e. The van der Waals surface area contributed by atoms with Crippen LogP contribution in [0.25, 0.3) is 0 Å². The van der Waals surface area contributed by atoms with Crippen molar-refractivity contribution in [3.63, 3.8) is 0 Å². The van der Waals surface area contributed by atoms with Crippen LogP contribution in [-0.4, -0.2) is 67.3 Å². The standard InChI is InChI=1S/C9H18O6/c10-4-5(11)7(13)8(14)9(15)3-1-2-6(9)12/h5-8,10-15H,1-4H2/t5-,6?,7-,8-,9+/m1/s1. The molecule has 0 radical (unpaired) electrons. The van der Waals surface area contributed by atoms with Gasteiger partial charge < -0.3 is 30.6 Å². The fourth-order valence-corrected chi connectivity index (χ4v) is 1.95. The molecule has 0 amide bonds. The van der Waals surface area contributed by atoms with Crippen LogP contribution in [0.4, 0.5) is 0 Å². The van der Waals surface area contributed by atoms with E-state index < -0.39 is 36.6 Å². The zero-order valence-electron chi connectivity index (χ0n) is 8.32. The van der Waals surface area contributed by atoms with Gasteiger partial charge in [-0.15, -0.1) is 0 Å². The molecule has 90 valence electrons. The summed E-state index contributed by atoms with van der Waals surface area (Å²) >= 11 is 0. The molecule has 6 heteroatoms. The molecule has 0 aliphatic heterocycles. The third kappa shape index (κ3) is 2.30. The molecule has 1 fully saturated rings. The summed E-state index contributed by atoms with van der Waals surface area (Å²) < 4.78 is 0. The third-order valence-corrected chi connectivity index (χ3v) is 3.05. The monoisotopic (exact) mass is 222 g/mol. The van der Waals surface area contributed by atoms with Crippen molar-refractivity contribution in [3.05, 3.63) is 0 Å². The molecule has 5 atom stereocenters. The molecule has 1 rings (SSSR count). The quantitative estimate of drug-likeness (QED) is 0.309. The lowest BCUT2D eigenvalue weighted by Crippen LogP contribution is -2.57. The van der Waals surface area contributed by atoms with Gasteiger partial charge in [-0.3, -0.25) is 0 Å². The van der Waals surface area contributed by atoms with Gasteiger partial charge in [0.05, 0.1) is 12.7 Å². The Morgan fingerprint density at radius 1 is 1.27 bits per heavy atom. The molecule has 0 aromatic carbocycles. The summed E-state index contributed by atoms with van der Waals surface area (Å²) in [5.41, 5.74) is -1.80. The van der Waals surface area contributed by atoms with Crippen LogP contribution >= 0.6 is 0 Å². The maximum atomic E-state index is 9.89. The van der Waals surface area contributed by atoms with Gasteiger partial charge in [0, 0.05) is 0 Å². The molecule has 0 bridgehead atoms. The highest BCUT2D eigenvalue weighted by Gasteiger charge is 2.49. The van der Waals surface area contributed by atoms with E-state index in [-0.39, 0.29) is 6.42 Å². The molecule has 1 aliphatic rings. The van der Waals surface area contributed by atoms with Crippen LogP contribution < -0.4 is 0 Å². The number of rotatable bonds is 4. The molecule has 0 aromatic rings. The highest BCUT2D eigenvalue weighted by atomic mass is 16.4. The maximum absolute atomic E-state index is 9.89. The Morgan fingerprint density at radius 3 is 2.27 bits per heavy atom. The second-order valence-electron chi connectivity index (χ2n) is 4.08. The molecule has 0 spiro atoms. The summed E-state index contributed by atoms with van der Waals surface area (Å²) in [6.45, 7) is -0.718. The van der Waals surface area contributed by atoms with Crippen LogP contribution in [0, 0.1) is 0 Å². The number of hydrogen-bond acceptors (Lipinski definition) is 6. The normalized spacial score (nSPS) is 37.6. The molecule has 0 saturated heterocycles. The molecular formula is C9H18O6. The lowest BCUT2D eigenvalue weighted by Gasteiger charge is -2.35. The Morgan fingerprint density at radius 2 is 1.87 bits per heavy atom. The van der Waals surface area contributed by atoms with E-state index in [4.69, 9.17) is 10.2 Å². The summed E-state index contributed by atoms with van der Waals surface area (Å²) in [6.07, 6.45) is -4.95. The van der Waals surface area contributed by atoms with Crippen LogP contribution in [0.3, 0.4) is 0 Å². The average Bonchev–Trinajstić information content (AvgIpc) is 2.57. The molecule has 6 N–H and O–H groups in total. The summed E-state index contributed by atoms with van der Waals surface area (Å²) in [5.74, 6) is 0. The van der Waals surface area contributed by atoms with Gasteiger partial charge in [0.2, 0.25) is 0 Å². The van der Waals surface area contributed by atoms with E-state index in [0.717, 1.165) is 0 Å². The predicted octanol–water partition coefficient (Wildman–Crippen LogP) is -2.66. The van der Waals surface area contributed by atoms with E-state index in [0.29, 0.717) is 12.8 Å². The van der Waals surface area contributed by atoms with Gasteiger partial charge in [-0.25, -0.2) is 0 Å². The van der Waals surface area contributed by atoms with Crippen LogP contribution in [0.2, 0.25) is 0 Å². The van der Waals surface area contributed by atoms with Crippen molar-refractivity contribution in [3.8, 4) is 0 Å². The van der Waals surface area contributed by atoms with Crippen LogP contribution in [0.5, 0.6) is 0 Å². The van der Waals surface area contributed by atoms with Crippen LogP contribution in [0.15, 0.2) is 0 Å². The zero-order valence-corrected chi connectivity index (χ0v) is 8.32. The third-order valence-electron chi connectivity index (χ3n) is 3.05. The minimum Gasteiger partial charge on any atom is -0.394 e. The van der Waals surface area contributed by atoms with E-state index in [9.17, 15) is 20.4 Å². The molecule has 1 unspecified atom stereocenters. The summed E-state index contributed by atoms with van der Waals surface area (Å²) in [4.78, 5) is 0. The van der Waals surface area contributed by atoms with E-state index in [2.05, 4.69) is 0 Å². The van der Waals surface area contributed by atoms with Gasteiger partial charge in [-0.1, -0.05) is 0 Å². The van der Waals surface area contributed by atoms with E-state index in [1.54, 1.807) is 0 Å². The second-order valence-corrected chi connectivity index (χ2v) is 4.08. The number of aliphatic hydroxyl groups excluding tert-OH is 5. The molecule has 1 aliphatic carbocycles. The van der Waals surface area contributed by atoms with Crippen molar-refractivity contribution in [2.45, 2.75) is 49.3 Å². The topological polar surface area (TPSA) is 121 Å². The average molecular weight is 222 g/mol. The summed E-state index contributed by atoms with van der Waals surface area (Å²) in [6, 6.07) is 0. The predicted molar refractivity (Wildman–Crippen MR) is 49.9 cm³/mol. The zero-order chi connectivity index (χ0) is 11.6. The van der Waals surface area contributed by atoms with Crippen LogP contribution in [0.1, 0.15) is 19.3 Å². The minimum atomic E-state index is -1.80. The Balaban J connectivity index is 2.70. The maximum Gasteiger partial charge on any atom is 0.119 e. The van der Waals surface area contributed by atoms with Crippen molar-refractivity contribution >= 4 is 0 Å². The summed E-state index contributed by atoms with van der Waals surface area (Å²) in [7, 11) is 0. The molecular weight excluding hydrogens is 204 g/mol. The first kappa shape index (κ1) is 12.8. The van der Waals surface area contributed by atoms with E-state index in [1.807, 2.05) is 0 Å².